The average Bonchev–Trinajstić information content (AvgIpc) is 2.93. The van der Waals surface area contributed by atoms with Gasteiger partial charge in [-0.3, -0.25) is 0 Å². The van der Waals surface area contributed by atoms with Gasteiger partial charge in [0.15, 0.2) is 5.69 Å². The van der Waals surface area contributed by atoms with Gasteiger partial charge in [0.2, 0.25) is 5.69 Å². The third-order valence-electron chi connectivity index (χ3n) is 2.56. The highest BCUT2D eigenvalue weighted by Gasteiger charge is 2.37. The molecule has 1 aliphatic rings. The van der Waals surface area contributed by atoms with Crippen LogP contribution in [0, 0.1) is 0 Å². The van der Waals surface area contributed by atoms with E-state index in [1.165, 1.54) is 4.68 Å². The number of carbonyl (C=O) groups is 2. The molecule has 90 valence electrons. The first kappa shape index (κ1) is 10.5. The van der Waals surface area contributed by atoms with Gasteiger partial charge in [0.05, 0.1) is 12.8 Å². The van der Waals surface area contributed by atoms with Gasteiger partial charge in [-0.15, -0.1) is 5.10 Å². The maximum absolute atomic E-state index is 11.5. The summed E-state index contributed by atoms with van der Waals surface area (Å²) in [5.74, 6) is -0.834. The van der Waals surface area contributed by atoms with Crippen molar-refractivity contribution in [3.05, 3.63) is 35.7 Å². The van der Waals surface area contributed by atoms with Crippen LogP contribution in [0.2, 0.25) is 0 Å². The molecule has 0 spiro atoms. The van der Waals surface area contributed by atoms with E-state index in [-0.39, 0.29) is 11.4 Å². The van der Waals surface area contributed by atoms with Gasteiger partial charge in [-0.25, -0.2) is 14.3 Å². The van der Waals surface area contributed by atoms with Gasteiger partial charge in [0.25, 0.3) is 0 Å². The van der Waals surface area contributed by atoms with Gasteiger partial charge in [-0.1, -0.05) is 5.21 Å². The Morgan fingerprint density at radius 1 is 1.17 bits per heavy atom. The fraction of sp³-hybridized carbons (Fsp3) is 0.0909. The number of benzene rings is 1. The van der Waals surface area contributed by atoms with Gasteiger partial charge in [0, 0.05) is 0 Å². The Morgan fingerprint density at radius 3 is 2.56 bits per heavy atom. The summed E-state index contributed by atoms with van der Waals surface area (Å²) < 4.78 is 10.7. The second-order valence-corrected chi connectivity index (χ2v) is 3.57. The van der Waals surface area contributed by atoms with E-state index in [1.807, 2.05) is 0 Å². The van der Waals surface area contributed by atoms with Crippen molar-refractivity contribution in [2.75, 3.05) is 7.11 Å². The molecule has 0 amide bonds. The maximum atomic E-state index is 11.5. The predicted octanol–water partition coefficient (Wildman–Crippen LogP) is 0.587. The van der Waals surface area contributed by atoms with Gasteiger partial charge < -0.3 is 9.47 Å². The van der Waals surface area contributed by atoms with Crippen LogP contribution in [-0.2, 0) is 4.74 Å². The molecule has 2 heterocycles. The number of carbonyl (C=O) groups excluding carboxylic acids is 2. The number of methoxy groups -OCH3 is 1. The van der Waals surface area contributed by atoms with Crippen molar-refractivity contribution >= 4 is 11.9 Å². The summed E-state index contributed by atoms with van der Waals surface area (Å²) in [5, 5.41) is 7.40. The lowest BCUT2D eigenvalue weighted by Gasteiger charge is -2.03. The summed E-state index contributed by atoms with van der Waals surface area (Å²) in [7, 11) is 1.55. The summed E-state index contributed by atoms with van der Waals surface area (Å²) >= 11 is 0. The molecule has 0 saturated heterocycles. The number of cyclic esters (lactones) is 2. The summed E-state index contributed by atoms with van der Waals surface area (Å²) in [6.07, 6.45) is 0. The highest BCUT2D eigenvalue weighted by molar-refractivity contribution is 6.12. The smallest absolute Gasteiger partial charge is 0.369 e. The number of ether oxygens (including phenoxy) is 2. The fourth-order valence-corrected chi connectivity index (χ4v) is 1.69. The summed E-state index contributed by atoms with van der Waals surface area (Å²) in [5.41, 5.74) is 0.581. The van der Waals surface area contributed by atoms with Crippen molar-refractivity contribution in [1.29, 1.82) is 0 Å². The Hall–Kier alpha value is -2.70. The summed E-state index contributed by atoms with van der Waals surface area (Å²) in [6, 6.07) is 6.82. The van der Waals surface area contributed by atoms with E-state index >= 15 is 0 Å². The first-order valence-corrected chi connectivity index (χ1v) is 5.07. The quantitative estimate of drug-likeness (QED) is 0.568. The lowest BCUT2D eigenvalue weighted by molar-refractivity contribution is 0.0434. The molecular weight excluding hydrogens is 238 g/mol. The van der Waals surface area contributed by atoms with Crippen LogP contribution in [0.5, 0.6) is 5.75 Å². The van der Waals surface area contributed by atoms with E-state index in [0.717, 1.165) is 0 Å². The van der Waals surface area contributed by atoms with Crippen molar-refractivity contribution in [2.24, 2.45) is 0 Å². The van der Waals surface area contributed by atoms with Crippen LogP contribution in [-0.4, -0.2) is 34.0 Å². The molecule has 3 rings (SSSR count). The van der Waals surface area contributed by atoms with Crippen LogP contribution >= 0.6 is 0 Å². The molecule has 18 heavy (non-hydrogen) atoms. The van der Waals surface area contributed by atoms with Gasteiger partial charge in [0.1, 0.15) is 5.75 Å². The molecule has 0 N–H and O–H groups in total. The Balaban J connectivity index is 2.10. The number of nitrogens with zero attached hydrogens (tertiary/aromatic N) is 3. The molecule has 2 aromatic rings. The first-order valence-electron chi connectivity index (χ1n) is 5.07. The molecule has 1 aliphatic heterocycles. The standard InChI is InChI=1S/C11H7N3O4/c1-17-7-4-2-6(3-5-7)14-9-8(12-13-14)10(15)18-11(9)16/h2-5H,1H3. The molecule has 0 fully saturated rings. The zero-order valence-electron chi connectivity index (χ0n) is 9.28. The monoisotopic (exact) mass is 245 g/mol. The number of aromatic nitrogens is 3. The Morgan fingerprint density at radius 2 is 1.89 bits per heavy atom. The maximum Gasteiger partial charge on any atom is 0.369 e. The SMILES string of the molecule is COc1ccc(-n2nnc3c2C(=O)OC3=O)cc1. The number of fused-ring (bicyclic) bond motifs is 1. The highest BCUT2D eigenvalue weighted by Crippen LogP contribution is 2.21. The first-order chi connectivity index (χ1) is 8.70. The van der Waals surface area contributed by atoms with Crippen molar-refractivity contribution < 1.29 is 19.1 Å². The number of esters is 2. The summed E-state index contributed by atoms with van der Waals surface area (Å²) in [6.45, 7) is 0. The van der Waals surface area contributed by atoms with E-state index in [2.05, 4.69) is 15.0 Å². The highest BCUT2D eigenvalue weighted by atomic mass is 16.6. The van der Waals surface area contributed by atoms with Gasteiger partial charge in [-0.2, -0.15) is 0 Å². The second kappa shape index (κ2) is 3.66. The van der Waals surface area contributed by atoms with Crippen molar-refractivity contribution in [2.45, 2.75) is 0 Å². The van der Waals surface area contributed by atoms with E-state index < -0.39 is 11.9 Å². The molecule has 0 aliphatic carbocycles. The lowest BCUT2D eigenvalue weighted by atomic mass is 10.3. The molecule has 0 radical (unpaired) electrons. The minimum absolute atomic E-state index is 0.0465. The summed E-state index contributed by atoms with van der Waals surface area (Å²) in [4.78, 5) is 22.7. The Kier molecular flexibility index (Phi) is 2.12. The van der Waals surface area contributed by atoms with Gasteiger partial charge >= 0.3 is 11.9 Å². The van der Waals surface area contributed by atoms with Crippen molar-refractivity contribution in [3.63, 3.8) is 0 Å². The van der Waals surface area contributed by atoms with E-state index in [4.69, 9.17) is 4.74 Å². The number of rotatable bonds is 2. The Bertz CT molecular complexity index is 645. The number of hydrogen-bond acceptors (Lipinski definition) is 6. The van der Waals surface area contributed by atoms with E-state index in [9.17, 15) is 9.59 Å². The Labute approximate surface area is 101 Å². The van der Waals surface area contributed by atoms with Crippen LogP contribution in [0.1, 0.15) is 21.0 Å². The molecule has 7 nitrogen and oxygen atoms in total. The zero-order valence-corrected chi connectivity index (χ0v) is 9.28. The van der Waals surface area contributed by atoms with Crippen LogP contribution in [0.3, 0.4) is 0 Å². The van der Waals surface area contributed by atoms with E-state index in [1.54, 1.807) is 31.4 Å². The molecule has 0 atom stereocenters. The van der Waals surface area contributed by atoms with Gasteiger partial charge in [-0.05, 0) is 24.3 Å². The second-order valence-electron chi connectivity index (χ2n) is 3.57. The minimum Gasteiger partial charge on any atom is -0.497 e. The van der Waals surface area contributed by atoms with Crippen LogP contribution in [0.4, 0.5) is 0 Å². The molecule has 0 saturated carbocycles. The molecule has 0 unspecified atom stereocenters. The van der Waals surface area contributed by atoms with Crippen molar-refractivity contribution in [1.82, 2.24) is 15.0 Å². The van der Waals surface area contributed by atoms with Crippen LogP contribution in [0.15, 0.2) is 24.3 Å². The third-order valence-corrected chi connectivity index (χ3v) is 2.56. The van der Waals surface area contributed by atoms with E-state index in [0.29, 0.717) is 11.4 Å². The predicted molar refractivity (Wildman–Crippen MR) is 57.7 cm³/mol. The molecule has 0 bridgehead atoms. The van der Waals surface area contributed by atoms with Crippen molar-refractivity contribution in [3.8, 4) is 11.4 Å². The zero-order chi connectivity index (χ0) is 12.7. The normalized spacial score (nSPS) is 13.4. The third kappa shape index (κ3) is 1.37. The van der Waals surface area contributed by atoms with Crippen LogP contribution < -0.4 is 4.74 Å². The topological polar surface area (TPSA) is 83.3 Å². The molecule has 7 heteroatoms. The van der Waals surface area contributed by atoms with Crippen LogP contribution in [0.25, 0.3) is 5.69 Å². The lowest BCUT2D eigenvalue weighted by Crippen LogP contribution is -2.08. The minimum atomic E-state index is -0.769. The molecule has 1 aromatic heterocycles. The molecule has 1 aromatic carbocycles. The largest absolute Gasteiger partial charge is 0.497 e. The molecular formula is C11H7N3O4. The average molecular weight is 245 g/mol. The number of hydrogen-bond donors (Lipinski definition) is 0. The fourth-order valence-electron chi connectivity index (χ4n) is 1.69.